The molecule has 0 spiro atoms. The SMILES string of the molecule is CCCSSSS[SiH](C)C. The van der Waals surface area contributed by atoms with Gasteiger partial charge in [0.15, 0.2) is 0 Å². The van der Waals surface area contributed by atoms with Crippen LogP contribution in [0.15, 0.2) is 0 Å². The molecular formula is C5H14S4Si. The van der Waals surface area contributed by atoms with Crippen molar-refractivity contribution in [2.24, 2.45) is 0 Å². The van der Waals surface area contributed by atoms with Gasteiger partial charge in [-0.05, 0) is 26.1 Å². The van der Waals surface area contributed by atoms with Crippen LogP contribution in [0.5, 0.6) is 0 Å². The second-order valence-corrected chi connectivity index (χ2v) is 14.4. The van der Waals surface area contributed by atoms with E-state index in [-0.39, 0.29) is 7.95 Å². The van der Waals surface area contributed by atoms with E-state index < -0.39 is 0 Å². The van der Waals surface area contributed by atoms with Crippen LogP contribution in [0.4, 0.5) is 0 Å². The Hall–Kier alpha value is 1.62. The Bertz CT molecular complexity index is 68.7. The van der Waals surface area contributed by atoms with E-state index in [1.165, 1.54) is 12.2 Å². The largest absolute Gasteiger partial charge is 0.113 e. The summed E-state index contributed by atoms with van der Waals surface area (Å²) < 4.78 is 0. The molecule has 0 aliphatic carbocycles. The molecule has 0 radical (unpaired) electrons. The van der Waals surface area contributed by atoms with Gasteiger partial charge >= 0.3 is 0 Å². The van der Waals surface area contributed by atoms with Crippen LogP contribution in [-0.4, -0.2) is 13.7 Å². The van der Waals surface area contributed by atoms with Gasteiger partial charge in [-0.1, -0.05) is 30.8 Å². The third-order valence-corrected chi connectivity index (χ3v) is 13.3. The van der Waals surface area contributed by atoms with E-state index in [0.717, 1.165) is 0 Å². The van der Waals surface area contributed by atoms with E-state index in [1.807, 2.05) is 30.4 Å². The van der Waals surface area contributed by atoms with Crippen LogP contribution >= 0.6 is 40.7 Å². The van der Waals surface area contributed by atoms with Crippen molar-refractivity contribution in [3.8, 4) is 0 Å². The second kappa shape index (κ2) is 8.71. The van der Waals surface area contributed by atoms with Gasteiger partial charge in [-0.15, -0.1) is 10.2 Å². The standard InChI is InChI=1S/C5H14S4Si/c1-4-5-6-7-8-9-10(2)3/h10H,4-5H2,1-3H3. The molecule has 0 unspecified atom stereocenters. The van der Waals surface area contributed by atoms with Gasteiger partial charge in [0.2, 0.25) is 0 Å². The molecule has 0 rings (SSSR count). The molecule has 10 heavy (non-hydrogen) atoms. The molecule has 0 aliphatic rings. The lowest BCUT2D eigenvalue weighted by Crippen LogP contribution is -1.85. The molecule has 0 saturated heterocycles. The summed E-state index contributed by atoms with van der Waals surface area (Å²) in [5, 5.41) is 0. The first-order valence-electron chi connectivity index (χ1n) is 3.39. The molecule has 0 aromatic rings. The Labute approximate surface area is 80.5 Å². The number of hydrogen-bond acceptors (Lipinski definition) is 4. The quantitative estimate of drug-likeness (QED) is 0.383. The van der Waals surface area contributed by atoms with E-state index in [4.69, 9.17) is 0 Å². The third kappa shape index (κ3) is 9.62. The summed E-state index contributed by atoms with van der Waals surface area (Å²) in [7, 11) is 7.58. The average molecular weight is 231 g/mol. The predicted octanol–water partition coefficient (Wildman–Crippen LogP) is 4.06. The van der Waals surface area contributed by atoms with Crippen LogP contribution in [0.1, 0.15) is 13.3 Å². The molecule has 62 valence electrons. The highest BCUT2D eigenvalue weighted by molar-refractivity contribution is 9.28. The molecule has 0 nitrogen and oxygen atoms in total. The summed E-state index contributed by atoms with van der Waals surface area (Å²) in [6.07, 6.45) is 1.29. The van der Waals surface area contributed by atoms with Gasteiger partial charge in [-0.25, -0.2) is 0 Å². The molecular weight excluding hydrogens is 216 g/mol. The summed E-state index contributed by atoms with van der Waals surface area (Å²) in [4.78, 5) is 0. The van der Waals surface area contributed by atoms with Crippen molar-refractivity contribution in [2.75, 3.05) is 5.75 Å². The Morgan fingerprint density at radius 2 is 1.90 bits per heavy atom. The fourth-order valence-electron chi connectivity index (χ4n) is 0.232. The zero-order valence-corrected chi connectivity index (χ0v) is 11.0. The van der Waals surface area contributed by atoms with E-state index in [2.05, 4.69) is 30.3 Å². The molecule has 0 aliphatic heterocycles. The van der Waals surface area contributed by atoms with Crippen molar-refractivity contribution in [3.63, 3.8) is 0 Å². The summed E-state index contributed by atoms with van der Waals surface area (Å²) in [5.41, 5.74) is 0. The number of rotatable bonds is 6. The van der Waals surface area contributed by atoms with E-state index in [9.17, 15) is 0 Å². The molecule has 0 aromatic heterocycles. The topological polar surface area (TPSA) is 0 Å². The van der Waals surface area contributed by atoms with E-state index >= 15 is 0 Å². The summed E-state index contributed by atoms with van der Waals surface area (Å²) in [6.45, 7) is 6.95. The van der Waals surface area contributed by atoms with Crippen LogP contribution in [0, 0.1) is 0 Å². The van der Waals surface area contributed by atoms with Gasteiger partial charge in [0, 0.05) is 5.75 Å². The normalized spacial score (nSPS) is 10.8. The maximum atomic E-state index is 2.36. The Morgan fingerprint density at radius 3 is 2.40 bits per heavy atom. The minimum atomic E-state index is -0.377. The first-order chi connectivity index (χ1) is 4.77. The highest BCUT2D eigenvalue weighted by Gasteiger charge is 1.96. The van der Waals surface area contributed by atoms with Crippen LogP contribution in [-0.2, 0) is 0 Å². The van der Waals surface area contributed by atoms with Crippen LogP contribution in [0.3, 0.4) is 0 Å². The molecule has 0 bridgehead atoms. The van der Waals surface area contributed by atoms with Crippen molar-refractivity contribution in [1.29, 1.82) is 0 Å². The Balaban J connectivity index is 2.77. The van der Waals surface area contributed by atoms with Gasteiger partial charge in [0.05, 0.1) is 0 Å². The molecule has 0 aromatic carbocycles. The first-order valence-corrected chi connectivity index (χ1v) is 12.2. The van der Waals surface area contributed by atoms with Gasteiger partial charge in [-0.2, -0.15) is 0 Å². The maximum absolute atomic E-state index is 2.36. The van der Waals surface area contributed by atoms with Crippen molar-refractivity contribution in [3.05, 3.63) is 0 Å². The highest BCUT2D eigenvalue weighted by Crippen LogP contribution is 2.43. The van der Waals surface area contributed by atoms with E-state index in [0.29, 0.717) is 0 Å². The maximum Gasteiger partial charge on any atom is 0.110 e. The predicted molar refractivity (Wildman–Crippen MR) is 64.4 cm³/mol. The lowest BCUT2D eigenvalue weighted by Gasteiger charge is -1.99. The lowest BCUT2D eigenvalue weighted by molar-refractivity contribution is 1.11. The van der Waals surface area contributed by atoms with E-state index in [1.54, 1.807) is 0 Å². The monoisotopic (exact) mass is 230 g/mol. The van der Waals surface area contributed by atoms with Gasteiger partial charge < -0.3 is 0 Å². The highest BCUT2D eigenvalue weighted by atomic mass is 33.7. The van der Waals surface area contributed by atoms with Crippen molar-refractivity contribution < 1.29 is 0 Å². The minimum Gasteiger partial charge on any atom is -0.113 e. The zero-order chi connectivity index (χ0) is 7.82. The summed E-state index contributed by atoms with van der Waals surface area (Å²) >= 11 is 0. The molecule has 0 fully saturated rings. The summed E-state index contributed by atoms with van der Waals surface area (Å²) in [6, 6.07) is 0. The zero-order valence-electron chi connectivity index (χ0n) is 6.62. The fourth-order valence-corrected chi connectivity index (χ4v) is 13.5. The van der Waals surface area contributed by atoms with Crippen LogP contribution in [0.2, 0.25) is 13.1 Å². The average Bonchev–Trinajstić information content (AvgIpc) is 1.87. The van der Waals surface area contributed by atoms with Gasteiger partial charge in [-0.3, -0.25) is 0 Å². The molecule has 0 amide bonds. The van der Waals surface area contributed by atoms with Crippen molar-refractivity contribution in [1.82, 2.24) is 0 Å². The van der Waals surface area contributed by atoms with Crippen molar-refractivity contribution >= 4 is 48.6 Å². The Kier molecular flexibility index (Phi) is 10.1. The third-order valence-electron chi connectivity index (χ3n) is 0.595. The fraction of sp³-hybridized carbons (Fsp3) is 1.00. The summed E-state index contributed by atoms with van der Waals surface area (Å²) in [5.74, 6) is 1.29. The first kappa shape index (κ1) is 11.6. The molecule has 0 atom stereocenters. The molecule has 5 heteroatoms. The second-order valence-electron chi connectivity index (χ2n) is 2.10. The molecule has 0 heterocycles. The molecule has 0 saturated carbocycles. The lowest BCUT2D eigenvalue weighted by atomic mass is 10.6. The van der Waals surface area contributed by atoms with Crippen molar-refractivity contribution in [2.45, 2.75) is 26.4 Å². The van der Waals surface area contributed by atoms with Crippen LogP contribution < -0.4 is 0 Å². The Morgan fingerprint density at radius 1 is 1.20 bits per heavy atom. The van der Waals surface area contributed by atoms with Gasteiger partial charge in [0.1, 0.15) is 7.95 Å². The smallest absolute Gasteiger partial charge is 0.110 e. The van der Waals surface area contributed by atoms with Gasteiger partial charge in [0.25, 0.3) is 0 Å². The number of hydrogen-bond donors (Lipinski definition) is 0. The van der Waals surface area contributed by atoms with Crippen LogP contribution in [0.25, 0.3) is 0 Å². The molecule has 0 N–H and O–H groups in total. The minimum absolute atomic E-state index is 0.377.